The van der Waals surface area contributed by atoms with Crippen molar-refractivity contribution in [3.63, 3.8) is 0 Å². The third-order valence-electron chi connectivity index (χ3n) is 8.70. The number of hydrogen-bond acceptors (Lipinski definition) is 6. The quantitative estimate of drug-likeness (QED) is 0.467. The van der Waals surface area contributed by atoms with Gasteiger partial charge in [-0.15, -0.1) is 23.2 Å². The summed E-state index contributed by atoms with van der Waals surface area (Å²) in [6.45, 7) is 3.35. The minimum Gasteiger partial charge on any atom is -0.451 e. The van der Waals surface area contributed by atoms with Gasteiger partial charge < -0.3 is 14.9 Å². The number of alkyl halides is 3. The molecule has 3 fully saturated rings. The van der Waals surface area contributed by atoms with Crippen LogP contribution < -0.4 is 0 Å². The molecule has 0 aromatic rings. The predicted molar refractivity (Wildman–Crippen MR) is 115 cm³/mol. The zero-order chi connectivity index (χ0) is 23.9. The largest absolute Gasteiger partial charge is 0.451 e. The molecule has 0 aromatic carbocycles. The highest BCUT2D eigenvalue weighted by molar-refractivity contribution is 6.34. The summed E-state index contributed by atoms with van der Waals surface area (Å²) in [6.07, 6.45) is 2.03. The van der Waals surface area contributed by atoms with Gasteiger partial charge in [-0.1, -0.05) is 19.9 Å². The summed E-state index contributed by atoms with van der Waals surface area (Å²) in [5, 5.41) is 21.4. The van der Waals surface area contributed by atoms with Crippen molar-refractivity contribution in [2.45, 2.75) is 68.1 Å². The molecule has 0 unspecified atom stereocenters. The summed E-state index contributed by atoms with van der Waals surface area (Å²) in [4.78, 5) is 35.5. The number of ketones is 2. The Balaban J connectivity index is 1.90. The molecule has 32 heavy (non-hydrogen) atoms. The Morgan fingerprint density at radius 2 is 1.97 bits per heavy atom. The van der Waals surface area contributed by atoms with Crippen molar-refractivity contribution in [3.8, 4) is 0 Å². The van der Waals surface area contributed by atoms with Crippen molar-refractivity contribution in [3.05, 3.63) is 23.8 Å². The summed E-state index contributed by atoms with van der Waals surface area (Å²) in [5.41, 5.74) is -3.59. The molecule has 0 spiro atoms. The zero-order valence-electron chi connectivity index (χ0n) is 18.1. The van der Waals surface area contributed by atoms with Gasteiger partial charge in [-0.05, 0) is 42.9 Å². The molecular weight excluding hydrogens is 462 g/mol. The third-order valence-corrected chi connectivity index (χ3v) is 10.2. The lowest BCUT2D eigenvalue weighted by Crippen LogP contribution is -2.73. The van der Waals surface area contributed by atoms with Crippen LogP contribution in [0.5, 0.6) is 0 Å². The van der Waals surface area contributed by atoms with Crippen LogP contribution in [0.3, 0.4) is 0 Å². The van der Waals surface area contributed by atoms with E-state index in [2.05, 4.69) is 0 Å². The van der Waals surface area contributed by atoms with Crippen LogP contribution in [0.15, 0.2) is 23.8 Å². The van der Waals surface area contributed by atoms with Crippen molar-refractivity contribution in [1.82, 2.24) is 0 Å². The van der Waals surface area contributed by atoms with Crippen LogP contribution in [0.4, 0.5) is 4.39 Å². The SMILES string of the molecule is CC(=O)O[C@]1(C(=O)CF)CC[C@H]2[C@@H]3[C@@H](O)[C@@H](O)C4=CC(=O)C=C[C@]4(C)[C@@]3(Cl)[C@@H](Cl)C[C@@]21C. The second-order valence-corrected chi connectivity index (χ2v) is 11.1. The number of aliphatic hydroxyl groups excluding tert-OH is 2. The fraction of sp³-hybridized carbons (Fsp3) is 0.696. The van der Waals surface area contributed by atoms with Crippen molar-refractivity contribution in [1.29, 1.82) is 0 Å². The monoisotopic (exact) mass is 488 g/mol. The van der Waals surface area contributed by atoms with Crippen LogP contribution in [-0.4, -0.2) is 62.5 Å². The van der Waals surface area contributed by atoms with E-state index in [1.165, 1.54) is 12.2 Å². The van der Waals surface area contributed by atoms with Crippen LogP contribution in [0, 0.1) is 22.7 Å². The summed E-state index contributed by atoms with van der Waals surface area (Å²) in [7, 11) is 0. The van der Waals surface area contributed by atoms with Crippen LogP contribution in [0.2, 0.25) is 0 Å². The maximum absolute atomic E-state index is 13.7. The number of ether oxygens (including phenoxy) is 1. The molecule has 9 atom stereocenters. The van der Waals surface area contributed by atoms with Crippen molar-refractivity contribution < 1.29 is 33.7 Å². The average Bonchev–Trinajstić information content (AvgIpc) is 3.00. The summed E-state index contributed by atoms with van der Waals surface area (Å²) in [5.74, 6) is -3.19. The number of Topliss-reactive ketones (excluding diaryl/α,β-unsaturated/α-hetero) is 1. The number of hydrogen-bond donors (Lipinski definition) is 2. The molecule has 4 aliphatic rings. The van der Waals surface area contributed by atoms with Crippen molar-refractivity contribution in [2.24, 2.45) is 22.7 Å². The number of carbonyl (C=O) groups excluding carboxylic acids is 3. The maximum atomic E-state index is 13.7. The van der Waals surface area contributed by atoms with Crippen LogP contribution >= 0.6 is 23.2 Å². The molecule has 2 N–H and O–H groups in total. The molecule has 6 nitrogen and oxygen atoms in total. The fourth-order valence-electron chi connectivity index (χ4n) is 7.19. The van der Waals surface area contributed by atoms with E-state index in [4.69, 9.17) is 27.9 Å². The zero-order valence-corrected chi connectivity index (χ0v) is 19.6. The Kier molecular flexibility index (Phi) is 5.49. The van der Waals surface area contributed by atoms with Gasteiger partial charge in [-0.3, -0.25) is 14.4 Å². The Labute approximate surface area is 195 Å². The van der Waals surface area contributed by atoms with Crippen molar-refractivity contribution in [2.75, 3.05) is 6.67 Å². The van der Waals surface area contributed by atoms with E-state index in [9.17, 15) is 29.0 Å². The Bertz CT molecular complexity index is 951. The molecule has 0 bridgehead atoms. The number of rotatable bonds is 3. The molecule has 0 aromatic heterocycles. The van der Waals surface area contributed by atoms with Crippen molar-refractivity contribution >= 4 is 40.7 Å². The molecule has 0 saturated heterocycles. The highest BCUT2D eigenvalue weighted by atomic mass is 35.5. The van der Waals surface area contributed by atoms with Gasteiger partial charge in [-0.25, -0.2) is 4.39 Å². The smallest absolute Gasteiger partial charge is 0.303 e. The highest BCUT2D eigenvalue weighted by Crippen LogP contribution is 2.72. The van der Waals surface area contributed by atoms with Crippen LogP contribution in [0.1, 0.15) is 40.0 Å². The fourth-order valence-corrected chi connectivity index (χ4v) is 8.41. The van der Waals surface area contributed by atoms with E-state index in [1.54, 1.807) is 19.9 Å². The van der Waals surface area contributed by atoms with E-state index >= 15 is 0 Å². The molecule has 9 heteroatoms. The molecule has 3 saturated carbocycles. The Morgan fingerprint density at radius 1 is 1.31 bits per heavy atom. The summed E-state index contributed by atoms with van der Waals surface area (Å²) < 4.78 is 19.2. The topological polar surface area (TPSA) is 101 Å². The van der Waals surface area contributed by atoms with E-state index in [0.717, 1.165) is 6.92 Å². The first-order chi connectivity index (χ1) is 14.8. The average molecular weight is 489 g/mol. The molecule has 0 heterocycles. The minimum absolute atomic E-state index is 0.0696. The van der Waals surface area contributed by atoms with E-state index in [1.807, 2.05) is 0 Å². The predicted octanol–water partition coefficient (Wildman–Crippen LogP) is 2.66. The summed E-state index contributed by atoms with van der Waals surface area (Å²) in [6, 6.07) is 0. The Hall–Kier alpha value is -1.28. The van der Waals surface area contributed by atoms with E-state index in [-0.39, 0.29) is 18.6 Å². The van der Waals surface area contributed by atoms with Gasteiger partial charge in [-0.2, -0.15) is 0 Å². The maximum Gasteiger partial charge on any atom is 0.303 e. The summed E-state index contributed by atoms with van der Waals surface area (Å²) >= 11 is 14.3. The normalized spacial score (nSPS) is 49.6. The molecule has 0 amide bonds. The van der Waals surface area contributed by atoms with Crippen LogP contribution in [0.25, 0.3) is 0 Å². The first-order valence-electron chi connectivity index (χ1n) is 10.7. The second kappa shape index (κ2) is 7.36. The molecule has 4 aliphatic carbocycles. The first-order valence-corrected chi connectivity index (χ1v) is 11.5. The number of fused-ring (bicyclic) bond motifs is 5. The lowest BCUT2D eigenvalue weighted by molar-refractivity contribution is -0.193. The van der Waals surface area contributed by atoms with Gasteiger partial charge in [0.25, 0.3) is 0 Å². The molecule has 176 valence electrons. The lowest BCUT2D eigenvalue weighted by atomic mass is 9.45. The van der Waals surface area contributed by atoms with Gasteiger partial charge in [0.1, 0.15) is 6.10 Å². The number of esters is 1. The molecule has 0 aliphatic heterocycles. The second-order valence-electron chi connectivity index (χ2n) is 9.98. The number of allylic oxidation sites excluding steroid dienone is 3. The number of halogens is 3. The first kappa shape index (κ1) is 23.9. The molecule has 4 rings (SSSR count). The minimum atomic E-state index is -1.73. The number of carbonyl (C=O) groups is 3. The van der Waals surface area contributed by atoms with Crippen LogP contribution in [-0.2, 0) is 19.1 Å². The van der Waals surface area contributed by atoms with E-state index < -0.39 is 69.2 Å². The highest BCUT2D eigenvalue weighted by Gasteiger charge is 2.76. The number of aliphatic hydroxyl groups is 2. The van der Waals surface area contributed by atoms with Gasteiger partial charge in [0, 0.05) is 23.7 Å². The lowest BCUT2D eigenvalue weighted by Gasteiger charge is -2.65. The van der Waals surface area contributed by atoms with Gasteiger partial charge in [0.15, 0.2) is 18.1 Å². The van der Waals surface area contributed by atoms with Gasteiger partial charge >= 0.3 is 5.97 Å². The van der Waals surface area contributed by atoms with E-state index in [0.29, 0.717) is 12.0 Å². The standard InChI is InChI=1S/C23H27Cl2FO6/c1-11(27)32-22(16(29)10-26)7-5-13-17-19(31)18(30)14-8-12(28)4-6-20(14,2)23(17,25)15(24)9-21(13,22)3/h4,6,8,13,15,17-19,30-31H,5,7,9-10H2,1-3H3/t13-,15-,17+,18-,19+,20-,21-,22-,23+/m0/s1. The third kappa shape index (κ3) is 2.68. The molecular formula is C23H27Cl2FO6. The molecule has 0 radical (unpaired) electrons. The van der Waals surface area contributed by atoms with Gasteiger partial charge in [0.05, 0.1) is 16.4 Å². The Morgan fingerprint density at radius 3 is 2.56 bits per heavy atom. The van der Waals surface area contributed by atoms with Gasteiger partial charge in [0.2, 0.25) is 5.78 Å².